The summed E-state index contributed by atoms with van der Waals surface area (Å²) in [5.41, 5.74) is -0.306. The van der Waals surface area contributed by atoms with Gasteiger partial charge in [0.2, 0.25) is 0 Å². The second-order valence-electron chi connectivity index (χ2n) is 7.34. The highest BCUT2D eigenvalue weighted by Gasteiger charge is 2.44. The first-order chi connectivity index (χ1) is 14.2. The third-order valence-electron chi connectivity index (χ3n) is 5.69. The van der Waals surface area contributed by atoms with E-state index in [0.717, 1.165) is 11.0 Å². The Morgan fingerprint density at radius 3 is 2.57 bits per heavy atom. The number of amides is 1. The fourth-order valence-corrected chi connectivity index (χ4v) is 3.45. The van der Waals surface area contributed by atoms with Crippen LogP contribution in [0.25, 0.3) is 11.0 Å². The summed E-state index contributed by atoms with van der Waals surface area (Å²) in [6.07, 6.45) is 2.96. The van der Waals surface area contributed by atoms with Crippen molar-refractivity contribution in [3.63, 3.8) is 0 Å². The molecule has 3 aromatic rings. The molecule has 0 aliphatic heterocycles. The SMILES string of the molecule is COc1ccnc(C(=O)NC(C)(C(=O)O)C(C)C(C)n2cnc3ccccc32)c1O. The number of carbonyl (C=O) groups excluding carboxylic acids is 1. The highest BCUT2D eigenvalue weighted by Crippen LogP contribution is 2.33. The standard InChI is InChI=1S/C21H24N4O5/c1-12(13(2)25-11-23-14-7-5-6-8-15(14)25)21(3,20(28)29)24-19(27)17-18(26)16(30-4)9-10-22-17/h5-13,26H,1-4H3,(H,24,27)(H,28,29). The molecule has 1 aromatic carbocycles. The number of carboxylic acid groups (broad SMARTS) is 1. The minimum Gasteiger partial charge on any atom is -0.503 e. The summed E-state index contributed by atoms with van der Waals surface area (Å²) in [6.45, 7) is 5.05. The zero-order valence-electron chi connectivity index (χ0n) is 17.2. The summed E-state index contributed by atoms with van der Waals surface area (Å²) in [4.78, 5) is 33.3. The number of carboxylic acids is 1. The van der Waals surface area contributed by atoms with E-state index in [1.165, 1.54) is 26.3 Å². The van der Waals surface area contributed by atoms with Crippen molar-refractivity contribution < 1.29 is 24.5 Å². The Kier molecular flexibility index (Phi) is 5.64. The van der Waals surface area contributed by atoms with E-state index in [-0.39, 0.29) is 17.5 Å². The molecule has 0 radical (unpaired) electrons. The summed E-state index contributed by atoms with van der Waals surface area (Å²) >= 11 is 0. The minimum atomic E-state index is -1.65. The van der Waals surface area contributed by atoms with Gasteiger partial charge in [0.25, 0.3) is 5.91 Å². The predicted molar refractivity (Wildman–Crippen MR) is 110 cm³/mol. The van der Waals surface area contributed by atoms with Gasteiger partial charge in [-0.3, -0.25) is 4.79 Å². The van der Waals surface area contributed by atoms with Crippen LogP contribution in [0.3, 0.4) is 0 Å². The number of aromatic hydroxyl groups is 1. The maximum atomic E-state index is 12.8. The first kappa shape index (κ1) is 21.1. The molecule has 3 rings (SSSR count). The van der Waals surface area contributed by atoms with Gasteiger partial charge < -0.3 is 24.8 Å². The van der Waals surface area contributed by atoms with Gasteiger partial charge in [0.15, 0.2) is 17.2 Å². The fourth-order valence-electron chi connectivity index (χ4n) is 3.45. The number of nitrogens with one attached hydrogen (secondary N) is 1. The first-order valence-corrected chi connectivity index (χ1v) is 9.40. The first-order valence-electron chi connectivity index (χ1n) is 9.40. The van der Waals surface area contributed by atoms with E-state index in [0.29, 0.717) is 0 Å². The van der Waals surface area contributed by atoms with Crippen molar-refractivity contribution in [2.45, 2.75) is 32.4 Å². The Morgan fingerprint density at radius 2 is 1.90 bits per heavy atom. The Hall–Kier alpha value is -3.62. The molecule has 3 atom stereocenters. The number of imidazole rings is 1. The van der Waals surface area contributed by atoms with E-state index in [9.17, 15) is 19.8 Å². The van der Waals surface area contributed by atoms with Gasteiger partial charge in [0.05, 0.1) is 24.5 Å². The van der Waals surface area contributed by atoms with Crippen LogP contribution in [0.4, 0.5) is 0 Å². The lowest BCUT2D eigenvalue weighted by atomic mass is 9.81. The van der Waals surface area contributed by atoms with Crippen LogP contribution in [0.5, 0.6) is 11.5 Å². The fraction of sp³-hybridized carbons (Fsp3) is 0.333. The van der Waals surface area contributed by atoms with Crippen molar-refractivity contribution in [1.82, 2.24) is 19.9 Å². The maximum absolute atomic E-state index is 12.8. The van der Waals surface area contributed by atoms with Gasteiger partial charge in [0.1, 0.15) is 5.54 Å². The average molecular weight is 412 g/mol. The number of carbonyl (C=O) groups is 2. The molecule has 9 nitrogen and oxygen atoms in total. The summed E-state index contributed by atoms with van der Waals surface area (Å²) in [7, 11) is 1.34. The number of benzene rings is 1. The lowest BCUT2D eigenvalue weighted by Crippen LogP contribution is -2.58. The average Bonchev–Trinajstić information content (AvgIpc) is 3.16. The van der Waals surface area contributed by atoms with E-state index in [1.54, 1.807) is 13.3 Å². The number of hydrogen-bond donors (Lipinski definition) is 3. The highest BCUT2D eigenvalue weighted by atomic mass is 16.5. The maximum Gasteiger partial charge on any atom is 0.329 e. The van der Waals surface area contributed by atoms with Crippen molar-refractivity contribution in [2.75, 3.05) is 7.11 Å². The monoisotopic (exact) mass is 412 g/mol. The molecular formula is C21H24N4O5. The Morgan fingerprint density at radius 1 is 1.20 bits per heavy atom. The molecule has 2 heterocycles. The highest BCUT2D eigenvalue weighted by molar-refractivity contribution is 5.99. The zero-order chi connectivity index (χ0) is 22.1. The van der Waals surface area contributed by atoms with Gasteiger partial charge in [-0.25, -0.2) is 14.8 Å². The van der Waals surface area contributed by atoms with Crippen molar-refractivity contribution >= 4 is 22.9 Å². The van der Waals surface area contributed by atoms with Gasteiger partial charge >= 0.3 is 5.97 Å². The molecule has 0 fully saturated rings. The lowest BCUT2D eigenvalue weighted by Gasteiger charge is -2.36. The van der Waals surface area contributed by atoms with Crippen LogP contribution in [0, 0.1) is 5.92 Å². The molecule has 2 aromatic heterocycles. The molecule has 0 saturated heterocycles. The van der Waals surface area contributed by atoms with Crippen molar-refractivity contribution in [2.24, 2.45) is 5.92 Å². The molecule has 1 amide bonds. The molecule has 0 aliphatic carbocycles. The quantitative estimate of drug-likeness (QED) is 0.544. The van der Waals surface area contributed by atoms with E-state index >= 15 is 0 Å². The molecule has 0 aliphatic rings. The van der Waals surface area contributed by atoms with E-state index in [2.05, 4.69) is 15.3 Å². The smallest absolute Gasteiger partial charge is 0.329 e. The van der Waals surface area contributed by atoms with Gasteiger partial charge in [-0.05, 0) is 26.0 Å². The number of methoxy groups -OCH3 is 1. The molecule has 3 N–H and O–H groups in total. The van der Waals surface area contributed by atoms with Crippen LogP contribution in [0.15, 0.2) is 42.9 Å². The molecule has 9 heteroatoms. The topological polar surface area (TPSA) is 127 Å². The van der Waals surface area contributed by atoms with Crippen molar-refractivity contribution in [3.05, 3.63) is 48.5 Å². The zero-order valence-corrected chi connectivity index (χ0v) is 17.2. The number of pyridine rings is 1. The summed E-state index contributed by atoms with van der Waals surface area (Å²) in [5, 5.41) is 22.7. The number of aromatic nitrogens is 3. The molecular weight excluding hydrogens is 388 g/mol. The molecule has 30 heavy (non-hydrogen) atoms. The number of rotatable bonds is 7. The second-order valence-corrected chi connectivity index (χ2v) is 7.34. The lowest BCUT2D eigenvalue weighted by molar-refractivity contribution is -0.146. The van der Waals surface area contributed by atoms with Crippen LogP contribution in [-0.4, -0.2) is 49.3 Å². The van der Waals surface area contributed by atoms with Gasteiger partial charge in [0, 0.05) is 24.2 Å². The Balaban J connectivity index is 1.93. The number of para-hydroxylation sites is 2. The van der Waals surface area contributed by atoms with Crippen molar-refractivity contribution in [1.29, 1.82) is 0 Å². The van der Waals surface area contributed by atoms with Crippen LogP contribution >= 0.6 is 0 Å². The third kappa shape index (κ3) is 3.54. The van der Waals surface area contributed by atoms with Crippen LogP contribution in [-0.2, 0) is 4.79 Å². The summed E-state index contributed by atoms with van der Waals surface area (Å²) in [5.74, 6) is -2.96. The normalized spacial score (nSPS) is 15.2. The van der Waals surface area contributed by atoms with Crippen molar-refractivity contribution in [3.8, 4) is 11.5 Å². The van der Waals surface area contributed by atoms with E-state index in [4.69, 9.17) is 4.74 Å². The number of hydrogen-bond acceptors (Lipinski definition) is 6. The number of ether oxygens (including phenoxy) is 1. The molecule has 0 spiro atoms. The third-order valence-corrected chi connectivity index (χ3v) is 5.69. The van der Waals surface area contributed by atoms with Gasteiger partial charge in [-0.2, -0.15) is 0 Å². The van der Waals surface area contributed by atoms with Crippen LogP contribution in [0.1, 0.15) is 37.3 Å². The number of nitrogens with zero attached hydrogens (tertiary/aromatic N) is 3. The Labute approximate surface area is 173 Å². The molecule has 0 bridgehead atoms. The Bertz CT molecular complexity index is 1100. The second kappa shape index (κ2) is 8.02. The van der Waals surface area contributed by atoms with E-state index in [1.807, 2.05) is 35.8 Å². The summed E-state index contributed by atoms with van der Waals surface area (Å²) in [6, 6.07) is 8.62. The van der Waals surface area contributed by atoms with Crippen LogP contribution < -0.4 is 10.1 Å². The number of aliphatic carboxylic acids is 1. The van der Waals surface area contributed by atoms with Gasteiger partial charge in [-0.15, -0.1) is 0 Å². The number of fused-ring (bicyclic) bond motifs is 1. The van der Waals surface area contributed by atoms with Crippen LogP contribution in [0.2, 0.25) is 0 Å². The minimum absolute atomic E-state index is 0.0680. The largest absolute Gasteiger partial charge is 0.503 e. The predicted octanol–water partition coefficient (Wildman–Crippen LogP) is 2.62. The van der Waals surface area contributed by atoms with Gasteiger partial charge in [-0.1, -0.05) is 19.1 Å². The summed E-state index contributed by atoms with van der Waals surface area (Å²) < 4.78 is 6.88. The molecule has 0 saturated carbocycles. The van der Waals surface area contributed by atoms with E-state index < -0.39 is 29.1 Å². The molecule has 158 valence electrons. The molecule has 3 unspecified atom stereocenters.